The standard InChI is InChI=1S/C18H18ClN3O2.C4H4O4/c19-13-5-6-14-17(11-13)21(12-18(14)7-9-20-10-8-18)15-3-1-2-4-16(15)22(23)24;5-3(6)1-2-4(7)8/h1-6,11,20H,7-10,12H2;1-2H,(H,5,6)(H,7,8). The number of nitrogens with zero attached hydrogens (tertiary/aromatic N) is 2. The van der Waals surface area contributed by atoms with Crippen LogP contribution in [0, 0.1) is 10.1 Å². The van der Waals surface area contributed by atoms with E-state index in [4.69, 9.17) is 21.8 Å². The average Bonchev–Trinajstić information content (AvgIpc) is 3.06. The molecule has 0 aromatic heterocycles. The minimum absolute atomic E-state index is 0.0366. The number of carboxylic acid groups (broad SMARTS) is 2. The summed E-state index contributed by atoms with van der Waals surface area (Å²) >= 11 is 6.23. The van der Waals surface area contributed by atoms with Gasteiger partial charge >= 0.3 is 11.9 Å². The summed E-state index contributed by atoms with van der Waals surface area (Å²) in [6, 6.07) is 12.9. The Morgan fingerprint density at radius 1 is 1.06 bits per heavy atom. The number of piperidine rings is 1. The molecule has 3 N–H and O–H groups in total. The van der Waals surface area contributed by atoms with E-state index in [0.29, 0.717) is 22.9 Å². The van der Waals surface area contributed by atoms with Crippen LogP contribution < -0.4 is 10.2 Å². The third-order valence-corrected chi connectivity index (χ3v) is 5.82. The van der Waals surface area contributed by atoms with Gasteiger partial charge in [-0.15, -0.1) is 0 Å². The Labute approximate surface area is 189 Å². The van der Waals surface area contributed by atoms with E-state index in [1.54, 1.807) is 12.1 Å². The lowest BCUT2D eigenvalue weighted by Gasteiger charge is -2.34. The Balaban J connectivity index is 0.000000312. The van der Waals surface area contributed by atoms with E-state index in [1.165, 1.54) is 5.56 Å². The summed E-state index contributed by atoms with van der Waals surface area (Å²) in [4.78, 5) is 32.3. The molecule has 32 heavy (non-hydrogen) atoms. The van der Waals surface area contributed by atoms with Crippen molar-refractivity contribution in [3.8, 4) is 0 Å². The highest BCUT2D eigenvalue weighted by atomic mass is 35.5. The second-order valence-electron chi connectivity index (χ2n) is 7.53. The van der Waals surface area contributed by atoms with Crippen LogP contribution >= 0.6 is 11.6 Å². The van der Waals surface area contributed by atoms with Crippen LogP contribution in [-0.2, 0) is 15.0 Å². The average molecular weight is 460 g/mol. The van der Waals surface area contributed by atoms with Crippen molar-refractivity contribution in [2.45, 2.75) is 18.3 Å². The van der Waals surface area contributed by atoms with Gasteiger partial charge in [0.15, 0.2) is 0 Å². The summed E-state index contributed by atoms with van der Waals surface area (Å²) in [5.41, 5.74) is 3.07. The first kappa shape index (κ1) is 23.2. The van der Waals surface area contributed by atoms with Gasteiger partial charge < -0.3 is 20.4 Å². The molecule has 1 spiro atoms. The van der Waals surface area contributed by atoms with Crippen molar-refractivity contribution >= 4 is 40.6 Å². The van der Waals surface area contributed by atoms with Crippen molar-refractivity contribution in [2.24, 2.45) is 0 Å². The van der Waals surface area contributed by atoms with Crippen LogP contribution in [0.15, 0.2) is 54.6 Å². The van der Waals surface area contributed by atoms with Crippen molar-refractivity contribution in [3.63, 3.8) is 0 Å². The fourth-order valence-corrected chi connectivity index (χ4v) is 4.35. The lowest BCUT2D eigenvalue weighted by molar-refractivity contribution is -0.384. The van der Waals surface area contributed by atoms with Gasteiger partial charge in [0, 0.05) is 40.9 Å². The molecule has 2 aliphatic heterocycles. The van der Waals surface area contributed by atoms with Crippen molar-refractivity contribution < 1.29 is 24.7 Å². The number of nitrogens with one attached hydrogen (secondary N) is 1. The third-order valence-electron chi connectivity index (χ3n) is 5.58. The molecule has 10 heteroatoms. The van der Waals surface area contributed by atoms with Crippen molar-refractivity contribution in [1.29, 1.82) is 0 Å². The maximum Gasteiger partial charge on any atom is 0.328 e. The molecule has 2 aromatic rings. The topological polar surface area (TPSA) is 133 Å². The van der Waals surface area contributed by atoms with Gasteiger partial charge in [-0.25, -0.2) is 9.59 Å². The number of carbonyl (C=O) groups is 2. The maximum absolute atomic E-state index is 11.5. The largest absolute Gasteiger partial charge is 0.478 e. The van der Waals surface area contributed by atoms with Crippen LogP contribution in [0.4, 0.5) is 17.1 Å². The van der Waals surface area contributed by atoms with Gasteiger partial charge in [-0.05, 0) is 49.7 Å². The molecule has 0 bridgehead atoms. The van der Waals surface area contributed by atoms with Crippen LogP contribution in [0.5, 0.6) is 0 Å². The Morgan fingerprint density at radius 3 is 2.28 bits per heavy atom. The fraction of sp³-hybridized carbons (Fsp3) is 0.273. The number of halogens is 1. The molecule has 0 amide bonds. The van der Waals surface area contributed by atoms with Crippen molar-refractivity contribution in [2.75, 3.05) is 24.5 Å². The van der Waals surface area contributed by atoms with E-state index in [2.05, 4.69) is 16.3 Å². The summed E-state index contributed by atoms with van der Waals surface area (Å²) in [6.07, 6.45) is 3.17. The molecule has 0 atom stereocenters. The molecule has 2 heterocycles. The van der Waals surface area contributed by atoms with E-state index in [0.717, 1.165) is 38.2 Å². The first-order valence-corrected chi connectivity index (χ1v) is 10.3. The number of hydrogen-bond donors (Lipinski definition) is 3. The molecule has 0 aliphatic carbocycles. The molecular weight excluding hydrogens is 438 g/mol. The lowest BCUT2D eigenvalue weighted by atomic mass is 9.75. The molecule has 9 nitrogen and oxygen atoms in total. The molecule has 0 unspecified atom stereocenters. The summed E-state index contributed by atoms with van der Waals surface area (Å²) in [5.74, 6) is -2.51. The Hall–Kier alpha value is -3.43. The molecule has 0 radical (unpaired) electrons. The third kappa shape index (κ3) is 5.06. The van der Waals surface area contributed by atoms with Crippen LogP contribution in [-0.4, -0.2) is 46.7 Å². The Morgan fingerprint density at radius 2 is 1.69 bits per heavy atom. The van der Waals surface area contributed by atoms with Crippen LogP contribution in [0.1, 0.15) is 18.4 Å². The van der Waals surface area contributed by atoms with Gasteiger partial charge in [-0.1, -0.05) is 29.8 Å². The SMILES string of the molecule is O=C(O)C=CC(=O)O.O=[N+]([O-])c1ccccc1N1CC2(CCNCC2)c2ccc(Cl)cc21. The number of fused-ring (bicyclic) bond motifs is 2. The maximum atomic E-state index is 11.5. The zero-order valence-corrected chi connectivity index (χ0v) is 17.8. The molecule has 0 saturated carbocycles. The van der Waals surface area contributed by atoms with E-state index >= 15 is 0 Å². The highest BCUT2D eigenvalue weighted by molar-refractivity contribution is 6.31. The van der Waals surface area contributed by atoms with Crippen molar-refractivity contribution in [3.05, 3.63) is 75.3 Å². The molecule has 1 saturated heterocycles. The number of para-hydroxylation sites is 2. The van der Waals surface area contributed by atoms with Gasteiger partial charge in [0.25, 0.3) is 5.69 Å². The minimum atomic E-state index is -1.26. The number of anilines is 2. The zero-order valence-electron chi connectivity index (χ0n) is 17.0. The van der Waals surface area contributed by atoms with Gasteiger partial charge in [-0.2, -0.15) is 0 Å². The summed E-state index contributed by atoms with van der Waals surface area (Å²) in [6.45, 7) is 2.69. The number of rotatable bonds is 4. The quantitative estimate of drug-likeness (QED) is 0.358. The Kier molecular flexibility index (Phi) is 7.12. The first-order chi connectivity index (χ1) is 15.2. The smallest absolute Gasteiger partial charge is 0.328 e. The molecule has 168 valence electrons. The van der Waals surface area contributed by atoms with E-state index in [9.17, 15) is 19.7 Å². The molecular formula is C22H22ClN3O6. The summed E-state index contributed by atoms with van der Waals surface area (Å²) < 4.78 is 0. The van der Waals surface area contributed by atoms with Crippen molar-refractivity contribution in [1.82, 2.24) is 5.32 Å². The van der Waals surface area contributed by atoms with E-state index in [1.807, 2.05) is 24.3 Å². The number of aliphatic carboxylic acids is 2. The Bertz CT molecular complexity index is 1050. The predicted octanol–water partition coefficient (Wildman–Crippen LogP) is 3.73. The van der Waals surface area contributed by atoms with Crippen LogP contribution in [0.2, 0.25) is 5.02 Å². The minimum Gasteiger partial charge on any atom is -0.478 e. The molecule has 2 aliphatic rings. The number of nitro groups is 1. The van der Waals surface area contributed by atoms with Gasteiger partial charge in [0.2, 0.25) is 0 Å². The second kappa shape index (κ2) is 9.80. The summed E-state index contributed by atoms with van der Waals surface area (Å²) in [5, 5.41) is 31.2. The second-order valence-corrected chi connectivity index (χ2v) is 7.97. The summed E-state index contributed by atoms with van der Waals surface area (Å²) in [7, 11) is 0. The van der Waals surface area contributed by atoms with Gasteiger partial charge in [-0.3, -0.25) is 10.1 Å². The molecule has 4 rings (SSSR count). The number of benzene rings is 2. The zero-order chi connectivity index (χ0) is 23.3. The number of nitro benzene ring substituents is 1. The first-order valence-electron chi connectivity index (χ1n) is 9.89. The lowest BCUT2D eigenvalue weighted by Crippen LogP contribution is -2.42. The number of hydrogen-bond acceptors (Lipinski definition) is 6. The molecule has 2 aromatic carbocycles. The highest BCUT2D eigenvalue weighted by Gasteiger charge is 2.44. The molecule has 1 fully saturated rings. The highest BCUT2D eigenvalue weighted by Crippen LogP contribution is 2.50. The van der Waals surface area contributed by atoms with E-state index < -0.39 is 11.9 Å². The number of carboxylic acids is 2. The fourth-order valence-electron chi connectivity index (χ4n) is 4.19. The van der Waals surface area contributed by atoms with Crippen LogP contribution in [0.3, 0.4) is 0 Å². The predicted molar refractivity (Wildman–Crippen MR) is 120 cm³/mol. The van der Waals surface area contributed by atoms with Crippen LogP contribution in [0.25, 0.3) is 0 Å². The van der Waals surface area contributed by atoms with Gasteiger partial charge in [0.05, 0.1) is 4.92 Å². The monoisotopic (exact) mass is 459 g/mol. The normalized spacial score (nSPS) is 16.3. The van der Waals surface area contributed by atoms with E-state index in [-0.39, 0.29) is 16.0 Å². The van der Waals surface area contributed by atoms with Gasteiger partial charge in [0.1, 0.15) is 5.69 Å².